The maximum Gasteiger partial charge on any atom is 0.262 e. The van der Waals surface area contributed by atoms with Crippen LogP contribution in [-0.2, 0) is 17.8 Å². The second-order valence-corrected chi connectivity index (χ2v) is 8.63. The molecule has 0 unspecified atom stereocenters. The molecule has 164 valence electrons. The first-order valence-corrected chi connectivity index (χ1v) is 11.4. The maximum absolute atomic E-state index is 13.1. The molecule has 0 aliphatic rings. The largest absolute Gasteiger partial charge is 0.385 e. The SMILES string of the molecule is C=CCn1c(C)cc(C(=O)CSc2nc3cc(Cl)ccc3c(=O)n2CCCOC)c1C. The van der Waals surface area contributed by atoms with Crippen LogP contribution < -0.4 is 5.56 Å². The van der Waals surface area contributed by atoms with Gasteiger partial charge in [0.15, 0.2) is 10.9 Å². The summed E-state index contributed by atoms with van der Waals surface area (Å²) in [6.45, 7) is 9.34. The van der Waals surface area contributed by atoms with Crippen molar-refractivity contribution in [3.63, 3.8) is 0 Å². The van der Waals surface area contributed by atoms with Gasteiger partial charge in [-0.2, -0.15) is 0 Å². The third-order valence-corrected chi connectivity index (χ3v) is 6.34. The van der Waals surface area contributed by atoms with E-state index < -0.39 is 0 Å². The summed E-state index contributed by atoms with van der Waals surface area (Å²) in [4.78, 5) is 30.7. The first-order chi connectivity index (χ1) is 14.9. The van der Waals surface area contributed by atoms with Crippen molar-refractivity contribution in [1.29, 1.82) is 0 Å². The summed E-state index contributed by atoms with van der Waals surface area (Å²) in [6, 6.07) is 6.95. The second-order valence-electron chi connectivity index (χ2n) is 7.25. The lowest BCUT2D eigenvalue weighted by Crippen LogP contribution is -2.24. The fourth-order valence-corrected chi connectivity index (χ4v) is 4.62. The summed E-state index contributed by atoms with van der Waals surface area (Å²) in [6.07, 6.45) is 2.48. The van der Waals surface area contributed by atoms with Crippen molar-refractivity contribution in [3.8, 4) is 0 Å². The molecule has 3 rings (SSSR count). The summed E-state index contributed by atoms with van der Waals surface area (Å²) < 4.78 is 8.80. The number of aromatic nitrogens is 3. The minimum Gasteiger partial charge on any atom is -0.385 e. The molecule has 2 heterocycles. The highest BCUT2D eigenvalue weighted by Crippen LogP contribution is 2.23. The number of benzene rings is 1. The number of methoxy groups -OCH3 is 1. The second kappa shape index (κ2) is 10.3. The van der Waals surface area contributed by atoms with E-state index in [1.165, 1.54) is 11.8 Å². The summed E-state index contributed by atoms with van der Waals surface area (Å²) in [5.41, 5.74) is 3.00. The highest BCUT2D eigenvalue weighted by Gasteiger charge is 2.18. The number of thioether (sulfide) groups is 1. The molecular weight excluding hydrogens is 434 g/mol. The van der Waals surface area contributed by atoms with E-state index in [1.54, 1.807) is 29.9 Å². The number of fused-ring (bicyclic) bond motifs is 1. The smallest absolute Gasteiger partial charge is 0.262 e. The maximum atomic E-state index is 13.1. The van der Waals surface area contributed by atoms with E-state index in [2.05, 4.69) is 16.1 Å². The van der Waals surface area contributed by atoms with Gasteiger partial charge in [0.2, 0.25) is 0 Å². The highest BCUT2D eigenvalue weighted by atomic mass is 35.5. The van der Waals surface area contributed by atoms with Gasteiger partial charge in [0.1, 0.15) is 0 Å². The Kier molecular flexibility index (Phi) is 7.75. The zero-order valence-electron chi connectivity index (χ0n) is 18.0. The van der Waals surface area contributed by atoms with Crippen LogP contribution in [0, 0.1) is 13.8 Å². The van der Waals surface area contributed by atoms with Gasteiger partial charge in [0, 0.05) is 48.8 Å². The average molecular weight is 460 g/mol. The van der Waals surface area contributed by atoms with E-state index in [-0.39, 0.29) is 17.1 Å². The van der Waals surface area contributed by atoms with Crippen molar-refractivity contribution in [2.45, 2.75) is 38.5 Å². The van der Waals surface area contributed by atoms with Crippen LogP contribution in [0.5, 0.6) is 0 Å². The van der Waals surface area contributed by atoms with E-state index in [1.807, 2.05) is 26.0 Å². The minimum absolute atomic E-state index is 0.00251. The number of nitrogens with zero attached hydrogens (tertiary/aromatic N) is 3. The molecule has 0 spiro atoms. The average Bonchev–Trinajstić information content (AvgIpc) is 3.02. The predicted octanol–water partition coefficient (Wildman–Crippen LogP) is 4.67. The van der Waals surface area contributed by atoms with Gasteiger partial charge in [-0.3, -0.25) is 14.2 Å². The number of halogens is 1. The number of rotatable bonds is 10. The number of aryl methyl sites for hydroxylation is 1. The van der Waals surface area contributed by atoms with Gasteiger partial charge >= 0.3 is 0 Å². The fourth-order valence-electron chi connectivity index (χ4n) is 3.55. The normalized spacial score (nSPS) is 11.2. The van der Waals surface area contributed by atoms with Crippen molar-refractivity contribution in [2.24, 2.45) is 0 Å². The Hall–Kier alpha value is -2.35. The van der Waals surface area contributed by atoms with Gasteiger partial charge in [-0.15, -0.1) is 6.58 Å². The van der Waals surface area contributed by atoms with Crippen LogP contribution in [0.2, 0.25) is 5.02 Å². The Labute approximate surface area is 190 Å². The van der Waals surface area contributed by atoms with Crippen molar-refractivity contribution >= 4 is 40.0 Å². The van der Waals surface area contributed by atoms with Gasteiger partial charge < -0.3 is 9.30 Å². The molecule has 3 aromatic rings. The van der Waals surface area contributed by atoms with Gasteiger partial charge in [0.05, 0.1) is 16.7 Å². The predicted molar refractivity (Wildman–Crippen MR) is 127 cm³/mol. The summed E-state index contributed by atoms with van der Waals surface area (Å²) in [7, 11) is 1.63. The molecule has 0 radical (unpaired) electrons. The Morgan fingerprint density at radius 2 is 2.06 bits per heavy atom. The van der Waals surface area contributed by atoms with Crippen LogP contribution >= 0.6 is 23.4 Å². The van der Waals surface area contributed by atoms with Crippen molar-refractivity contribution in [2.75, 3.05) is 19.5 Å². The van der Waals surface area contributed by atoms with E-state index in [0.717, 1.165) is 11.4 Å². The zero-order valence-corrected chi connectivity index (χ0v) is 19.6. The van der Waals surface area contributed by atoms with Crippen LogP contribution in [0.1, 0.15) is 28.2 Å². The molecule has 0 atom stereocenters. The van der Waals surface area contributed by atoms with Gasteiger partial charge in [0.25, 0.3) is 5.56 Å². The zero-order chi connectivity index (χ0) is 22.5. The summed E-state index contributed by atoms with van der Waals surface area (Å²) in [5, 5.41) is 1.52. The minimum atomic E-state index is -0.142. The molecule has 0 amide bonds. The van der Waals surface area contributed by atoms with Crippen molar-refractivity contribution in [3.05, 3.63) is 69.2 Å². The molecular formula is C23H26ClN3O3S. The van der Waals surface area contributed by atoms with Gasteiger partial charge in [-0.1, -0.05) is 29.4 Å². The molecule has 0 bridgehead atoms. The summed E-state index contributed by atoms with van der Waals surface area (Å²) in [5.74, 6) is 0.179. The third kappa shape index (κ3) is 5.11. The molecule has 6 nitrogen and oxygen atoms in total. The van der Waals surface area contributed by atoms with E-state index in [9.17, 15) is 9.59 Å². The number of ketones is 1. The Morgan fingerprint density at radius 3 is 2.77 bits per heavy atom. The van der Waals surface area contributed by atoms with Crippen molar-refractivity contribution in [1.82, 2.24) is 14.1 Å². The topological polar surface area (TPSA) is 66.1 Å². The third-order valence-electron chi connectivity index (χ3n) is 5.13. The number of carbonyl (C=O) groups is 1. The first-order valence-electron chi connectivity index (χ1n) is 10.00. The van der Waals surface area contributed by atoms with Crippen molar-refractivity contribution < 1.29 is 9.53 Å². The monoisotopic (exact) mass is 459 g/mol. The lowest BCUT2D eigenvalue weighted by molar-refractivity contribution is 0.102. The van der Waals surface area contributed by atoms with Crippen LogP contribution in [0.4, 0.5) is 0 Å². The van der Waals surface area contributed by atoms with E-state index in [0.29, 0.717) is 52.8 Å². The van der Waals surface area contributed by atoms with Crippen LogP contribution in [-0.4, -0.2) is 39.4 Å². The fraction of sp³-hybridized carbons (Fsp3) is 0.348. The number of hydrogen-bond acceptors (Lipinski definition) is 5. The molecule has 0 N–H and O–H groups in total. The number of allylic oxidation sites excluding steroid dienone is 1. The Balaban J connectivity index is 1.91. The summed E-state index contributed by atoms with van der Waals surface area (Å²) >= 11 is 7.37. The van der Waals surface area contributed by atoms with Crippen LogP contribution in [0.3, 0.4) is 0 Å². The van der Waals surface area contributed by atoms with E-state index in [4.69, 9.17) is 16.3 Å². The van der Waals surface area contributed by atoms with E-state index >= 15 is 0 Å². The molecule has 8 heteroatoms. The molecule has 0 saturated carbocycles. The number of hydrogen-bond donors (Lipinski definition) is 0. The molecule has 2 aromatic heterocycles. The van der Waals surface area contributed by atoms with Crippen LogP contribution in [0.15, 0.2) is 46.9 Å². The number of Topliss-reactive ketones (excluding diaryl/α,β-unsaturated/α-hetero) is 1. The molecule has 0 fully saturated rings. The molecule has 0 aliphatic carbocycles. The quantitative estimate of drug-likeness (QED) is 0.145. The first kappa shape index (κ1) is 23.3. The molecule has 1 aromatic carbocycles. The molecule has 0 saturated heterocycles. The standard InChI is InChI=1S/C23H26ClN3O3S/c1-5-9-26-15(2)12-19(16(26)3)21(28)14-31-23-25-20-13-17(24)7-8-18(20)22(29)27(23)10-6-11-30-4/h5,7-8,12-13H,1,6,9-11,14H2,2-4H3. The molecule has 0 aliphatic heterocycles. The Morgan fingerprint density at radius 1 is 1.29 bits per heavy atom. The lowest BCUT2D eigenvalue weighted by atomic mass is 10.2. The van der Waals surface area contributed by atoms with Crippen LogP contribution in [0.25, 0.3) is 10.9 Å². The number of ether oxygens (including phenoxy) is 1. The Bertz CT molecular complexity index is 1180. The lowest BCUT2D eigenvalue weighted by Gasteiger charge is -2.13. The molecule has 31 heavy (non-hydrogen) atoms. The number of carbonyl (C=O) groups excluding carboxylic acids is 1. The van der Waals surface area contributed by atoms with Gasteiger partial charge in [-0.05, 0) is 44.5 Å². The highest BCUT2D eigenvalue weighted by molar-refractivity contribution is 7.99. The van der Waals surface area contributed by atoms with Gasteiger partial charge in [-0.25, -0.2) is 4.98 Å².